The van der Waals surface area contributed by atoms with Crippen molar-refractivity contribution in [3.05, 3.63) is 54.3 Å². The van der Waals surface area contributed by atoms with Crippen molar-refractivity contribution in [3.8, 4) is 17.2 Å². The Morgan fingerprint density at radius 2 is 1.84 bits per heavy atom. The number of carbonyl (C=O) groups is 1. The van der Waals surface area contributed by atoms with Crippen LogP contribution >= 0.6 is 0 Å². The first-order valence-electron chi connectivity index (χ1n) is 7.70. The van der Waals surface area contributed by atoms with Gasteiger partial charge in [0.25, 0.3) is 5.91 Å². The number of furan rings is 1. The summed E-state index contributed by atoms with van der Waals surface area (Å²) >= 11 is 0. The highest BCUT2D eigenvalue weighted by atomic mass is 16.5. The van der Waals surface area contributed by atoms with Crippen LogP contribution in [0.1, 0.15) is 10.6 Å². The number of nitrogens with zero attached hydrogens (tertiary/aromatic N) is 1. The maximum Gasteiger partial charge on any atom is 0.288 e. The molecule has 6 nitrogen and oxygen atoms in total. The molecule has 0 saturated carbocycles. The standard InChI is InChI=1S/C19H16N2O4/c1-23-12-8-9-14-13(10-12)16-15(17(24-2)18(25-16)19(20)22)21(14)11-6-4-3-5-7-11/h3-10H,1-2H3,(H2,20,22). The topological polar surface area (TPSA) is 79.6 Å². The third-order valence-electron chi connectivity index (χ3n) is 4.20. The molecule has 1 amide bonds. The number of hydrogen-bond donors (Lipinski definition) is 1. The maximum atomic E-state index is 11.8. The van der Waals surface area contributed by atoms with E-state index < -0.39 is 5.91 Å². The van der Waals surface area contributed by atoms with Gasteiger partial charge in [-0.1, -0.05) is 18.2 Å². The van der Waals surface area contributed by atoms with Crippen LogP contribution in [-0.4, -0.2) is 24.7 Å². The lowest BCUT2D eigenvalue weighted by atomic mass is 10.2. The van der Waals surface area contributed by atoms with Crippen LogP contribution in [0.3, 0.4) is 0 Å². The van der Waals surface area contributed by atoms with Crippen molar-refractivity contribution in [3.63, 3.8) is 0 Å². The summed E-state index contributed by atoms with van der Waals surface area (Å²) in [5, 5.41) is 0.809. The molecule has 0 bridgehead atoms. The molecule has 25 heavy (non-hydrogen) atoms. The van der Waals surface area contributed by atoms with Crippen molar-refractivity contribution in [1.82, 2.24) is 4.57 Å². The number of benzene rings is 2. The molecule has 6 heteroatoms. The summed E-state index contributed by atoms with van der Waals surface area (Å²) < 4.78 is 18.6. The number of amides is 1. The van der Waals surface area contributed by atoms with Gasteiger partial charge in [0.05, 0.1) is 19.7 Å². The molecule has 4 rings (SSSR count). The van der Waals surface area contributed by atoms with E-state index in [9.17, 15) is 4.79 Å². The first-order valence-corrected chi connectivity index (χ1v) is 7.70. The van der Waals surface area contributed by atoms with Gasteiger partial charge in [0.15, 0.2) is 11.3 Å². The molecule has 0 aliphatic carbocycles. The lowest BCUT2D eigenvalue weighted by molar-refractivity contribution is 0.0972. The lowest BCUT2D eigenvalue weighted by Crippen LogP contribution is -2.11. The molecule has 2 aromatic carbocycles. The normalized spacial score (nSPS) is 11.1. The van der Waals surface area contributed by atoms with Gasteiger partial charge in [-0.25, -0.2) is 0 Å². The lowest BCUT2D eigenvalue weighted by Gasteiger charge is -2.08. The fourth-order valence-electron chi connectivity index (χ4n) is 3.13. The van der Waals surface area contributed by atoms with Crippen LogP contribution in [0.15, 0.2) is 52.9 Å². The number of hydrogen-bond acceptors (Lipinski definition) is 4. The van der Waals surface area contributed by atoms with Gasteiger partial charge in [-0.3, -0.25) is 4.79 Å². The van der Waals surface area contributed by atoms with Gasteiger partial charge in [0, 0.05) is 11.1 Å². The maximum absolute atomic E-state index is 11.8. The summed E-state index contributed by atoms with van der Waals surface area (Å²) in [4.78, 5) is 11.8. The number of para-hydroxylation sites is 1. The van der Waals surface area contributed by atoms with Crippen LogP contribution < -0.4 is 15.2 Å². The Morgan fingerprint density at radius 1 is 1.08 bits per heavy atom. The number of fused-ring (bicyclic) bond motifs is 3. The van der Waals surface area contributed by atoms with Crippen molar-refractivity contribution in [2.75, 3.05) is 14.2 Å². The zero-order valence-corrected chi connectivity index (χ0v) is 13.8. The van der Waals surface area contributed by atoms with E-state index >= 15 is 0 Å². The second-order valence-corrected chi connectivity index (χ2v) is 5.56. The molecular formula is C19H16N2O4. The molecule has 2 aromatic heterocycles. The predicted molar refractivity (Wildman–Crippen MR) is 94.7 cm³/mol. The summed E-state index contributed by atoms with van der Waals surface area (Å²) in [5.41, 5.74) is 8.48. The summed E-state index contributed by atoms with van der Waals surface area (Å²) in [6.45, 7) is 0. The molecule has 0 aliphatic rings. The third kappa shape index (κ3) is 2.15. The van der Waals surface area contributed by atoms with E-state index in [-0.39, 0.29) is 5.76 Å². The third-order valence-corrected chi connectivity index (χ3v) is 4.20. The van der Waals surface area contributed by atoms with Crippen molar-refractivity contribution in [1.29, 1.82) is 0 Å². The largest absolute Gasteiger partial charge is 0.497 e. The first-order chi connectivity index (χ1) is 12.2. The predicted octanol–water partition coefficient (Wildman–Crippen LogP) is 3.49. The van der Waals surface area contributed by atoms with Crippen molar-refractivity contribution in [2.24, 2.45) is 5.73 Å². The minimum Gasteiger partial charge on any atom is -0.497 e. The quantitative estimate of drug-likeness (QED) is 0.618. The van der Waals surface area contributed by atoms with Gasteiger partial charge in [-0.05, 0) is 30.3 Å². The molecule has 0 radical (unpaired) electrons. The Kier molecular flexibility index (Phi) is 3.39. The molecular weight excluding hydrogens is 320 g/mol. The Bertz CT molecular complexity index is 1090. The minimum atomic E-state index is -0.677. The van der Waals surface area contributed by atoms with Crippen LogP contribution in [0.2, 0.25) is 0 Å². The average molecular weight is 336 g/mol. The second kappa shape index (κ2) is 5.59. The Labute approximate surface area is 143 Å². The monoisotopic (exact) mass is 336 g/mol. The SMILES string of the molecule is COc1ccc2c(c1)c1oc(C(N)=O)c(OC)c1n2-c1ccccc1. The van der Waals surface area contributed by atoms with Crippen LogP contribution in [-0.2, 0) is 0 Å². The molecule has 0 spiro atoms. The Hall–Kier alpha value is -3.41. The highest BCUT2D eigenvalue weighted by molar-refractivity contribution is 6.12. The number of primary amides is 1. The van der Waals surface area contributed by atoms with E-state index in [1.54, 1.807) is 7.11 Å². The number of nitrogens with two attached hydrogens (primary N) is 1. The molecule has 0 aliphatic heterocycles. The van der Waals surface area contributed by atoms with E-state index in [2.05, 4.69) is 0 Å². The minimum absolute atomic E-state index is 0.00176. The van der Waals surface area contributed by atoms with Gasteiger partial charge in [0.2, 0.25) is 5.76 Å². The molecule has 4 aromatic rings. The summed E-state index contributed by atoms with van der Waals surface area (Å²) in [7, 11) is 3.09. The van der Waals surface area contributed by atoms with E-state index in [0.717, 1.165) is 16.6 Å². The van der Waals surface area contributed by atoms with E-state index in [1.165, 1.54) is 7.11 Å². The van der Waals surface area contributed by atoms with E-state index in [0.29, 0.717) is 22.6 Å². The van der Waals surface area contributed by atoms with Crippen LogP contribution in [0.4, 0.5) is 0 Å². The molecule has 2 N–H and O–H groups in total. The second-order valence-electron chi connectivity index (χ2n) is 5.56. The van der Waals surface area contributed by atoms with Gasteiger partial charge >= 0.3 is 0 Å². The summed E-state index contributed by atoms with van der Waals surface area (Å²) in [6, 6.07) is 15.5. The summed E-state index contributed by atoms with van der Waals surface area (Å²) in [5.74, 6) is 0.336. The van der Waals surface area contributed by atoms with E-state index in [4.69, 9.17) is 19.6 Å². The molecule has 2 heterocycles. The zero-order valence-electron chi connectivity index (χ0n) is 13.8. The van der Waals surface area contributed by atoms with Gasteiger partial charge in [-0.2, -0.15) is 0 Å². The molecule has 0 saturated heterocycles. The number of rotatable bonds is 4. The van der Waals surface area contributed by atoms with Crippen LogP contribution in [0, 0.1) is 0 Å². The fraction of sp³-hybridized carbons (Fsp3) is 0.105. The van der Waals surface area contributed by atoms with Crippen LogP contribution in [0.25, 0.3) is 27.7 Å². The van der Waals surface area contributed by atoms with Gasteiger partial charge in [0.1, 0.15) is 11.3 Å². The number of carbonyl (C=O) groups excluding carboxylic acids is 1. The molecule has 0 fully saturated rings. The Morgan fingerprint density at radius 3 is 2.48 bits per heavy atom. The highest BCUT2D eigenvalue weighted by Gasteiger charge is 2.26. The average Bonchev–Trinajstić information content (AvgIpc) is 3.16. The number of methoxy groups -OCH3 is 2. The number of aromatic nitrogens is 1. The molecule has 0 atom stereocenters. The van der Waals surface area contributed by atoms with Gasteiger partial charge < -0.3 is 24.2 Å². The van der Waals surface area contributed by atoms with Crippen molar-refractivity contribution in [2.45, 2.75) is 0 Å². The highest BCUT2D eigenvalue weighted by Crippen LogP contribution is 2.42. The fourth-order valence-corrected chi connectivity index (χ4v) is 3.13. The first kappa shape index (κ1) is 15.1. The Balaban J connectivity index is 2.21. The summed E-state index contributed by atoms with van der Waals surface area (Å²) in [6.07, 6.45) is 0. The van der Waals surface area contributed by atoms with E-state index in [1.807, 2.05) is 53.1 Å². The smallest absolute Gasteiger partial charge is 0.288 e. The number of ether oxygens (including phenoxy) is 2. The van der Waals surface area contributed by atoms with Crippen molar-refractivity contribution < 1.29 is 18.7 Å². The van der Waals surface area contributed by atoms with Gasteiger partial charge in [-0.15, -0.1) is 0 Å². The van der Waals surface area contributed by atoms with Crippen molar-refractivity contribution >= 4 is 27.9 Å². The van der Waals surface area contributed by atoms with Crippen LogP contribution in [0.5, 0.6) is 11.5 Å². The molecule has 0 unspecified atom stereocenters. The molecule has 126 valence electrons. The zero-order chi connectivity index (χ0) is 17.6.